The molecule has 4 rings (SSSR count). The summed E-state index contributed by atoms with van der Waals surface area (Å²) in [7, 11) is 0. The molecule has 1 aromatic heterocycles. The molecule has 1 amide bonds. The summed E-state index contributed by atoms with van der Waals surface area (Å²) in [6.45, 7) is 5.11. The van der Waals surface area contributed by atoms with E-state index in [1.54, 1.807) is 6.21 Å². The van der Waals surface area contributed by atoms with Crippen LogP contribution in [0, 0.1) is 13.8 Å². The van der Waals surface area contributed by atoms with Crippen molar-refractivity contribution in [2.45, 2.75) is 20.4 Å². The molecule has 0 bridgehead atoms. The molecule has 0 saturated heterocycles. The molecule has 2 N–H and O–H groups in total. The number of hydrazone groups is 1. The maximum atomic E-state index is 12.1. The van der Waals surface area contributed by atoms with E-state index in [1.165, 1.54) is 16.7 Å². The van der Waals surface area contributed by atoms with Gasteiger partial charge >= 0.3 is 0 Å². The molecule has 31 heavy (non-hydrogen) atoms. The van der Waals surface area contributed by atoms with Gasteiger partial charge in [0.05, 0.1) is 12.8 Å². The van der Waals surface area contributed by atoms with Crippen molar-refractivity contribution in [2.75, 3.05) is 11.9 Å². The number of nitrogens with one attached hydrogen (secondary N) is 2. The van der Waals surface area contributed by atoms with Gasteiger partial charge in [-0.1, -0.05) is 60.2 Å². The van der Waals surface area contributed by atoms with E-state index in [4.69, 9.17) is 0 Å². The molecule has 156 valence electrons. The SMILES string of the molecule is Cc1ccc(NCC(=O)N/N=C\c2cn(Cc3ccccc3C)c3ccccc23)cc1. The number of carbonyl (C=O) groups excluding carboxylic acids is 1. The number of aryl methyl sites for hydroxylation is 2. The van der Waals surface area contributed by atoms with Gasteiger partial charge in [-0.25, -0.2) is 5.43 Å². The van der Waals surface area contributed by atoms with Gasteiger partial charge in [-0.15, -0.1) is 0 Å². The molecule has 0 unspecified atom stereocenters. The zero-order valence-corrected chi connectivity index (χ0v) is 17.8. The Hall–Kier alpha value is -3.86. The van der Waals surface area contributed by atoms with Gasteiger partial charge in [-0.2, -0.15) is 5.10 Å². The Kier molecular flexibility index (Phi) is 6.13. The van der Waals surface area contributed by atoms with E-state index < -0.39 is 0 Å². The summed E-state index contributed by atoms with van der Waals surface area (Å²) in [6.07, 6.45) is 3.79. The van der Waals surface area contributed by atoms with Gasteiger partial charge in [0.1, 0.15) is 0 Å². The number of aromatic nitrogens is 1. The molecular weight excluding hydrogens is 384 g/mol. The molecule has 0 aliphatic heterocycles. The van der Waals surface area contributed by atoms with Crippen LogP contribution < -0.4 is 10.7 Å². The molecule has 0 spiro atoms. The van der Waals surface area contributed by atoms with Crippen LogP contribution in [0.5, 0.6) is 0 Å². The van der Waals surface area contributed by atoms with E-state index in [0.29, 0.717) is 0 Å². The van der Waals surface area contributed by atoms with Crippen LogP contribution in [-0.4, -0.2) is 23.2 Å². The fourth-order valence-corrected chi connectivity index (χ4v) is 3.55. The minimum absolute atomic E-state index is 0.162. The second-order valence-electron chi connectivity index (χ2n) is 7.67. The van der Waals surface area contributed by atoms with Crippen molar-refractivity contribution >= 4 is 28.7 Å². The topological polar surface area (TPSA) is 58.4 Å². The highest BCUT2D eigenvalue weighted by molar-refractivity contribution is 5.99. The standard InChI is InChI=1S/C26H26N4O/c1-19-11-13-23(14-12-19)27-16-26(31)29-28-15-22-18-30(25-10-6-5-9-24(22)25)17-21-8-4-3-7-20(21)2/h3-15,18,27H,16-17H2,1-2H3,(H,29,31)/b28-15-. The molecule has 1 heterocycles. The Morgan fingerprint density at radius 3 is 2.52 bits per heavy atom. The highest BCUT2D eigenvalue weighted by Gasteiger charge is 2.08. The normalized spacial score (nSPS) is 11.2. The summed E-state index contributed by atoms with van der Waals surface area (Å²) in [5.41, 5.74) is 9.35. The first kappa shape index (κ1) is 20.4. The number of amides is 1. The molecule has 5 heteroatoms. The van der Waals surface area contributed by atoms with E-state index in [9.17, 15) is 4.79 Å². The van der Waals surface area contributed by atoms with Crippen LogP contribution in [0.3, 0.4) is 0 Å². The third-order valence-electron chi connectivity index (χ3n) is 5.32. The summed E-state index contributed by atoms with van der Waals surface area (Å²) >= 11 is 0. The number of hydrogen-bond acceptors (Lipinski definition) is 3. The molecule has 0 saturated carbocycles. The fraction of sp³-hybridized carbons (Fsp3) is 0.154. The fourth-order valence-electron chi connectivity index (χ4n) is 3.55. The maximum absolute atomic E-state index is 12.1. The van der Waals surface area contributed by atoms with Gasteiger partial charge in [-0.05, 0) is 43.2 Å². The van der Waals surface area contributed by atoms with Gasteiger partial charge in [0.25, 0.3) is 5.91 Å². The molecular formula is C26H26N4O. The number of carbonyl (C=O) groups is 1. The summed E-state index contributed by atoms with van der Waals surface area (Å²) < 4.78 is 2.22. The molecule has 4 aromatic rings. The van der Waals surface area contributed by atoms with Crippen LogP contribution in [0.1, 0.15) is 22.3 Å². The van der Waals surface area contributed by atoms with Crippen molar-refractivity contribution in [3.05, 3.63) is 101 Å². The Morgan fingerprint density at radius 1 is 0.968 bits per heavy atom. The molecule has 0 radical (unpaired) electrons. The number of fused-ring (bicyclic) bond motifs is 1. The molecule has 0 aliphatic carbocycles. The van der Waals surface area contributed by atoms with E-state index in [1.807, 2.05) is 43.3 Å². The van der Waals surface area contributed by atoms with Crippen LogP contribution in [-0.2, 0) is 11.3 Å². The number of benzene rings is 3. The number of rotatable bonds is 7. The number of para-hydroxylation sites is 1. The average Bonchev–Trinajstić information content (AvgIpc) is 3.12. The highest BCUT2D eigenvalue weighted by atomic mass is 16.2. The van der Waals surface area contributed by atoms with Gasteiger partial charge in [0, 0.05) is 34.9 Å². The lowest BCUT2D eigenvalue weighted by Gasteiger charge is -2.08. The minimum Gasteiger partial charge on any atom is -0.376 e. The highest BCUT2D eigenvalue weighted by Crippen LogP contribution is 2.22. The lowest BCUT2D eigenvalue weighted by molar-refractivity contribution is -0.119. The number of anilines is 1. The van der Waals surface area contributed by atoms with Crippen molar-refractivity contribution in [3.8, 4) is 0 Å². The predicted octanol–water partition coefficient (Wildman–Crippen LogP) is 4.87. The number of hydrogen-bond donors (Lipinski definition) is 2. The minimum atomic E-state index is -0.194. The smallest absolute Gasteiger partial charge is 0.259 e. The maximum Gasteiger partial charge on any atom is 0.259 e. The van der Waals surface area contributed by atoms with E-state index >= 15 is 0 Å². The van der Waals surface area contributed by atoms with E-state index in [2.05, 4.69) is 69.9 Å². The summed E-state index contributed by atoms with van der Waals surface area (Å²) in [5.74, 6) is -0.194. The van der Waals surface area contributed by atoms with E-state index in [-0.39, 0.29) is 12.5 Å². The molecule has 5 nitrogen and oxygen atoms in total. The molecule has 0 fully saturated rings. The third-order valence-corrected chi connectivity index (χ3v) is 5.32. The van der Waals surface area contributed by atoms with Crippen molar-refractivity contribution in [3.63, 3.8) is 0 Å². The lowest BCUT2D eigenvalue weighted by Crippen LogP contribution is -2.25. The van der Waals surface area contributed by atoms with Gasteiger partial charge in [-0.3, -0.25) is 4.79 Å². The predicted molar refractivity (Wildman–Crippen MR) is 128 cm³/mol. The Labute approximate surface area is 182 Å². The van der Waals surface area contributed by atoms with Crippen molar-refractivity contribution < 1.29 is 4.79 Å². The van der Waals surface area contributed by atoms with Crippen LogP contribution in [0.15, 0.2) is 84.1 Å². The quantitative estimate of drug-likeness (QED) is 0.337. The lowest BCUT2D eigenvalue weighted by atomic mass is 10.1. The molecule has 0 atom stereocenters. The Morgan fingerprint density at radius 2 is 1.71 bits per heavy atom. The largest absolute Gasteiger partial charge is 0.376 e. The monoisotopic (exact) mass is 410 g/mol. The van der Waals surface area contributed by atoms with Gasteiger partial charge in [0.15, 0.2) is 0 Å². The second kappa shape index (κ2) is 9.30. The van der Waals surface area contributed by atoms with Crippen LogP contribution in [0.4, 0.5) is 5.69 Å². The number of nitrogens with zero attached hydrogens (tertiary/aromatic N) is 2. The van der Waals surface area contributed by atoms with Gasteiger partial charge < -0.3 is 9.88 Å². The summed E-state index contributed by atoms with van der Waals surface area (Å²) in [6, 6.07) is 24.6. The molecule has 3 aromatic carbocycles. The average molecular weight is 411 g/mol. The first-order valence-corrected chi connectivity index (χ1v) is 10.3. The Bertz CT molecular complexity index is 1220. The zero-order valence-electron chi connectivity index (χ0n) is 17.8. The van der Waals surface area contributed by atoms with Crippen LogP contribution >= 0.6 is 0 Å². The summed E-state index contributed by atoms with van der Waals surface area (Å²) in [5, 5.41) is 8.38. The third kappa shape index (κ3) is 5.01. The zero-order chi connectivity index (χ0) is 21.6. The van der Waals surface area contributed by atoms with Crippen molar-refractivity contribution in [2.24, 2.45) is 5.10 Å². The van der Waals surface area contributed by atoms with Gasteiger partial charge in [0.2, 0.25) is 0 Å². The first-order valence-electron chi connectivity index (χ1n) is 10.3. The summed E-state index contributed by atoms with van der Waals surface area (Å²) in [4.78, 5) is 12.1. The first-order chi connectivity index (χ1) is 15.1. The van der Waals surface area contributed by atoms with E-state index in [0.717, 1.165) is 28.7 Å². The van der Waals surface area contributed by atoms with Crippen LogP contribution in [0.25, 0.3) is 10.9 Å². The van der Waals surface area contributed by atoms with Crippen LogP contribution in [0.2, 0.25) is 0 Å². The molecule has 0 aliphatic rings. The van der Waals surface area contributed by atoms with Crippen molar-refractivity contribution in [1.82, 2.24) is 9.99 Å². The second-order valence-corrected chi connectivity index (χ2v) is 7.67. The van der Waals surface area contributed by atoms with Crippen molar-refractivity contribution in [1.29, 1.82) is 0 Å². The Balaban J connectivity index is 1.44.